The average molecular weight is 286 g/mol. The summed E-state index contributed by atoms with van der Waals surface area (Å²) >= 11 is 0. The van der Waals surface area contributed by atoms with Gasteiger partial charge in [-0.2, -0.15) is 0 Å². The minimum atomic E-state index is -0.851. The van der Waals surface area contributed by atoms with Gasteiger partial charge in [-0.1, -0.05) is 20.8 Å². The summed E-state index contributed by atoms with van der Waals surface area (Å²) in [6.45, 7) is 6.43. The molecule has 2 N–H and O–H groups in total. The van der Waals surface area contributed by atoms with E-state index in [4.69, 9.17) is 5.11 Å². The molecule has 116 valence electrons. The SMILES string of the molecule is CN(CCCC(=O)O)C(=O)CCCNC(=O)C(C)(C)C. The summed E-state index contributed by atoms with van der Waals surface area (Å²) in [5, 5.41) is 11.3. The molecule has 0 radical (unpaired) electrons. The van der Waals surface area contributed by atoms with E-state index in [1.165, 1.54) is 4.90 Å². The number of amides is 2. The molecule has 0 aliphatic heterocycles. The highest BCUT2D eigenvalue weighted by Gasteiger charge is 2.20. The topological polar surface area (TPSA) is 86.7 Å². The Hall–Kier alpha value is -1.59. The van der Waals surface area contributed by atoms with Crippen molar-refractivity contribution in [3.8, 4) is 0 Å². The molecule has 6 heteroatoms. The third-order valence-corrected chi connectivity index (χ3v) is 2.84. The van der Waals surface area contributed by atoms with Crippen molar-refractivity contribution in [3.63, 3.8) is 0 Å². The number of nitrogens with one attached hydrogen (secondary N) is 1. The molecule has 0 aromatic rings. The van der Waals surface area contributed by atoms with E-state index < -0.39 is 11.4 Å². The van der Waals surface area contributed by atoms with Crippen molar-refractivity contribution in [2.45, 2.75) is 46.5 Å². The maximum absolute atomic E-state index is 11.7. The van der Waals surface area contributed by atoms with Gasteiger partial charge in [0.05, 0.1) is 0 Å². The zero-order valence-corrected chi connectivity index (χ0v) is 12.9. The first-order chi connectivity index (χ1) is 9.14. The summed E-state index contributed by atoms with van der Waals surface area (Å²) in [6.07, 6.45) is 1.47. The molecule has 0 aliphatic rings. The number of carboxylic acids is 1. The molecule has 2 amide bonds. The number of carbonyl (C=O) groups is 3. The van der Waals surface area contributed by atoms with Crippen LogP contribution in [0.1, 0.15) is 46.5 Å². The van der Waals surface area contributed by atoms with E-state index in [0.717, 1.165) is 0 Å². The van der Waals surface area contributed by atoms with Crippen LogP contribution in [0.25, 0.3) is 0 Å². The Bertz CT molecular complexity index is 348. The van der Waals surface area contributed by atoms with Gasteiger partial charge in [-0.15, -0.1) is 0 Å². The van der Waals surface area contributed by atoms with Crippen LogP contribution < -0.4 is 5.32 Å². The van der Waals surface area contributed by atoms with Crippen LogP contribution in [0, 0.1) is 5.41 Å². The second-order valence-corrected chi connectivity index (χ2v) is 5.92. The molecule has 0 atom stereocenters. The second kappa shape index (κ2) is 8.55. The zero-order chi connectivity index (χ0) is 15.8. The number of carboxylic acid groups (broad SMARTS) is 1. The van der Waals surface area contributed by atoms with Gasteiger partial charge in [0.1, 0.15) is 0 Å². The third-order valence-electron chi connectivity index (χ3n) is 2.84. The van der Waals surface area contributed by atoms with Gasteiger partial charge in [-0.3, -0.25) is 14.4 Å². The third kappa shape index (κ3) is 8.50. The molecular weight excluding hydrogens is 260 g/mol. The Balaban J connectivity index is 3.77. The number of nitrogens with zero attached hydrogens (tertiary/aromatic N) is 1. The molecule has 6 nitrogen and oxygen atoms in total. The zero-order valence-electron chi connectivity index (χ0n) is 12.9. The fourth-order valence-corrected chi connectivity index (χ4v) is 1.49. The molecule has 0 fully saturated rings. The highest BCUT2D eigenvalue weighted by atomic mass is 16.4. The van der Waals surface area contributed by atoms with E-state index >= 15 is 0 Å². The molecule has 0 heterocycles. The van der Waals surface area contributed by atoms with Gasteiger partial charge in [-0.25, -0.2) is 0 Å². The number of hydrogen-bond donors (Lipinski definition) is 2. The lowest BCUT2D eigenvalue weighted by molar-refractivity contribution is -0.138. The summed E-state index contributed by atoms with van der Waals surface area (Å²) < 4.78 is 0. The van der Waals surface area contributed by atoms with Crippen LogP contribution in [-0.2, 0) is 14.4 Å². The van der Waals surface area contributed by atoms with Gasteiger partial charge < -0.3 is 15.3 Å². The van der Waals surface area contributed by atoms with Gasteiger partial charge in [-0.05, 0) is 12.8 Å². The smallest absolute Gasteiger partial charge is 0.303 e. The first-order valence-electron chi connectivity index (χ1n) is 6.88. The first-order valence-corrected chi connectivity index (χ1v) is 6.88. The predicted octanol–water partition coefficient (Wildman–Crippen LogP) is 1.25. The Kier molecular flexibility index (Phi) is 7.87. The van der Waals surface area contributed by atoms with Crippen molar-refractivity contribution in [3.05, 3.63) is 0 Å². The van der Waals surface area contributed by atoms with Crippen molar-refractivity contribution in [2.24, 2.45) is 5.41 Å². The highest BCUT2D eigenvalue weighted by molar-refractivity contribution is 5.81. The van der Waals surface area contributed by atoms with Gasteiger partial charge >= 0.3 is 5.97 Å². The van der Waals surface area contributed by atoms with Gasteiger partial charge in [0.25, 0.3) is 0 Å². The summed E-state index contributed by atoms with van der Waals surface area (Å²) in [6, 6.07) is 0. The Morgan fingerprint density at radius 3 is 2.20 bits per heavy atom. The van der Waals surface area contributed by atoms with Crippen LogP contribution in [0.15, 0.2) is 0 Å². The van der Waals surface area contributed by atoms with E-state index in [9.17, 15) is 14.4 Å². The molecule has 0 aromatic heterocycles. The minimum absolute atomic E-state index is 0.0274. The molecule has 20 heavy (non-hydrogen) atoms. The Morgan fingerprint density at radius 2 is 1.70 bits per heavy atom. The molecule has 0 bridgehead atoms. The normalized spacial score (nSPS) is 11.0. The van der Waals surface area contributed by atoms with Crippen LogP contribution in [0.4, 0.5) is 0 Å². The summed E-state index contributed by atoms with van der Waals surface area (Å²) in [5.74, 6) is -0.907. The Labute approximate surface area is 120 Å². The molecule has 0 unspecified atom stereocenters. The van der Waals surface area contributed by atoms with E-state index in [1.807, 2.05) is 20.8 Å². The lowest BCUT2D eigenvalue weighted by Crippen LogP contribution is -2.36. The van der Waals surface area contributed by atoms with Crippen molar-refractivity contribution < 1.29 is 19.5 Å². The van der Waals surface area contributed by atoms with Gasteiger partial charge in [0, 0.05) is 38.4 Å². The summed E-state index contributed by atoms with van der Waals surface area (Å²) in [4.78, 5) is 35.2. The second-order valence-electron chi connectivity index (χ2n) is 5.92. The molecule has 0 spiro atoms. The van der Waals surface area contributed by atoms with Crippen molar-refractivity contribution in [1.29, 1.82) is 0 Å². The molecule has 0 saturated carbocycles. The molecule has 0 saturated heterocycles. The monoisotopic (exact) mass is 286 g/mol. The number of carbonyl (C=O) groups excluding carboxylic acids is 2. The van der Waals surface area contributed by atoms with Crippen LogP contribution in [0.3, 0.4) is 0 Å². The van der Waals surface area contributed by atoms with E-state index in [-0.39, 0.29) is 18.2 Å². The lowest BCUT2D eigenvalue weighted by Gasteiger charge is -2.19. The van der Waals surface area contributed by atoms with Crippen LogP contribution in [-0.4, -0.2) is 47.9 Å². The van der Waals surface area contributed by atoms with Gasteiger partial charge in [0.2, 0.25) is 11.8 Å². The average Bonchev–Trinajstić information content (AvgIpc) is 2.32. The largest absolute Gasteiger partial charge is 0.481 e. The summed E-state index contributed by atoms with van der Waals surface area (Å²) in [5.41, 5.74) is -0.419. The maximum Gasteiger partial charge on any atom is 0.303 e. The van der Waals surface area contributed by atoms with Crippen LogP contribution in [0.5, 0.6) is 0 Å². The number of hydrogen-bond acceptors (Lipinski definition) is 3. The molecular formula is C14H26N2O4. The Morgan fingerprint density at radius 1 is 1.10 bits per heavy atom. The molecule has 0 aromatic carbocycles. The van der Waals surface area contributed by atoms with Crippen molar-refractivity contribution >= 4 is 17.8 Å². The number of aliphatic carboxylic acids is 1. The highest BCUT2D eigenvalue weighted by Crippen LogP contribution is 2.12. The molecule has 0 aliphatic carbocycles. The quantitative estimate of drug-likeness (QED) is 0.657. The van der Waals surface area contributed by atoms with E-state index in [0.29, 0.717) is 32.4 Å². The molecule has 0 rings (SSSR count). The lowest BCUT2D eigenvalue weighted by atomic mass is 9.96. The van der Waals surface area contributed by atoms with Gasteiger partial charge in [0.15, 0.2) is 0 Å². The van der Waals surface area contributed by atoms with E-state index in [1.54, 1.807) is 7.05 Å². The van der Waals surface area contributed by atoms with E-state index in [2.05, 4.69) is 5.32 Å². The van der Waals surface area contributed by atoms with Crippen molar-refractivity contribution in [1.82, 2.24) is 10.2 Å². The van der Waals surface area contributed by atoms with Crippen LogP contribution >= 0.6 is 0 Å². The minimum Gasteiger partial charge on any atom is -0.481 e. The number of rotatable bonds is 8. The maximum atomic E-state index is 11.7. The fourth-order valence-electron chi connectivity index (χ4n) is 1.49. The van der Waals surface area contributed by atoms with Crippen LogP contribution in [0.2, 0.25) is 0 Å². The summed E-state index contributed by atoms with van der Waals surface area (Å²) in [7, 11) is 1.66. The fraction of sp³-hybridized carbons (Fsp3) is 0.786. The van der Waals surface area contributed by atoms with Crippen molar-refractivity contribution in [2.75, 3.05) is 20.1 Å². The standard InChI is InChI=1S/C14H26N2O4/c1-14(2,3)13(20)15-9-5-7-11(17)16(4)10-6-8-12(18)19/h5-10H2,1-4H3,(H,15,20)(H,18,19). The predicted molar refractivity (Wildman–Crippen MR) is 76.2 cm³/mol. The first kappa shape index (κ1) is 18.4.